The van der Waals surface area contributed by atoms with Crippen LogP contribution in [0.25, 0.3) is 17.2 Å². The highest BCUT2D eigenvalue weighted by molar-refractivity contribution is 6.03. The normalized spacial score (nSPS) is 19.1. The average Bonchev–Trinajstić information content (AvgIpc) is 3.67. The first-order valence-corrected chi connectivity index (χ1v) is 13.5. The number of hydrogen-bond donors (Lipinski definition) is 0. The molecule has 1 saturated heterocycles. The average molecular weight is 549 g/mol. The molecule has 0 bridgehead atoms. The molecule has 7 nitrogen and oxygen atoms in total. The predicted octanol–water partition coefficient (Wildman–Crippen LogP) is 6.74. The maximum atomic E-state index is 13.7. The van der Waals surface area contributed by atoms with Crippen molar-refractivity contribution in [2.75, 3.05) is 18.0 Å². The molecule has 6 rings (SSSR count). The first kappa shape index (κ1) is 26.3. The smallest absolute Gasteiger partial charge is 0.387 e. The lowest BCUT2D eigenvalue weighted by atomic mass is 9.74. The van der Waals surface area contributed by atoms with E-state index in [4.69, 9.17) is 4.99 Å². The van der Waals surface area contributed by atoms with E-state index in [0.29, 0.717) is 12.8 Å². The fraction of sp³-hybridized carbons (Fsp3) is 0.400. The van der Waals surface area contributed by atoms with Gasteiger partial charge in [0.15, 0.2) is 6.30 Å². The zero-order valence-electron chi connectivity index (χ0n) is 22.7. The van der Waals surface area contributed by atoms with Crippen molar-refractivity contribution < 1.29 is 17.9 Å². The Balaban J connectivity index is 1.15. The van der Waals surface area contributed by atoms with E-state index in [1.165, 1.54) is 11.6 Å². The number of ether oxygens (including phenoxy) is 1. The monoisotopic (exact) mass is 548 g/mol. The van der Waals surface area contributed by atoms with Gasteiger partial charge in [-0.25, -0.2) is 19.0 Å². The zero-order chi connectivity index (χ0) is 28.0. The number of nitrogens with zero attached hydrogens (tertiary/aromatic N) is 6. The number of alkyl halides is 3. The highest BCUT2D eigenvalue weighted by Crippen LogP contribution is 2.43. The van der Waals surface area contributed by atoms with Gasteiger partial charge in [0.2, 0.25) is 0 Å². The summed E-state index contributed by atoms with van der Waals surface area (Å²) in [5, 5.41) is 4.14. The number of piperidine rings is 1. The van der Waals surface area contributed by atoms with Crippen LogP contribution in [0.4, 0.5) is 19.0 Å². The Morgan fingerprint density at radius 1 is 1.05 bits per heavy atom. The van der Waals surface area contributed by atoms with Crippen molar-refractivity contribution >= 4 is 28.8 Å². The predicted molar refractivity (Wildman–Crippen MR) is 149 cm³/mol. The second kappa shape index (κ2) is 10.2. The van der Waals surface area contributed by atoms with Gasteiger partial charge >= 0.3 is 6.61 Å². The van der Waals surface area contributed by atoms with Gasteiger partial charge in [0, 0.05) is 60.1 Å². The van der Waals surface area contributed by atoms with E-state index in [1.807, 2.05) is 13.0 Å². The van der Waals surface area contributed by atoms with Crippen LogP contribution in [0, 0.1) is 5.41 Å². The molecule has 2 aliphatic heterocycles. The molecule has 4 heterocycles. The number of hydrogen-bond acceptors (Lipinski definition) is 6. The zero-order valence-corrected chi connectivity index (χ0v) is 22.7. The molecule has 0 radical (unpaired) electrons. The van der Waals surface area contributed by atoms with Crippen LogP contribution in [-0.2, 0) is 6.42 Å². The van der Waals surface area contributed by atoms with Crippen molar-refractivity contribution in [2.45, 2.75) is 59.4 Å². The van der Waals surface area contributed by atoms with Crippen LogP contribution in [0.2, 0.25) is 0 Å². The minimum Gasteiger partial charge on any atom is -0.435 e. The number of benzene rings is 1. The van der Waals surface area contributed by atoms with E-state index in [-0.39, 0.29) is 11.2 Å². The summed E-state index contributed by atoms with van der Waals surface area (Å²) in [7, 11) is 0. The van der Waals surface area contributed by atoms with Gasteiger partial charge in [0.05, 0.1) is 11.9 Å². The molecule has 10 heteroatoms. The molecule has 1 aliphatic carbocycles. The Morgan fingerprint density at radius 3 is 2.58 bits per heavy atom. The molecule has 1 atom stereocenters. The van der Waals surface area contributed by atoms with Crippen LogP contribution in [0.3, 0.4) is 0 Å². The Bertz CT molecular complexity index is 1530. The van der Waals surface area contributed by atoms with Crippen molar-refractivity contribution in [1.29, 1.82) is 0 Å². The van der Waals surface area contributed by atoms with Crippen LogP contribution in [0.15, 0.2) is 53.7 Å². The maximum absolute atomic E-state index is 13.7. The molecule has 0 saturated carbocycles. The second-order valence-corrected chi connectivity index (χ2v) is 10.9. The van der Waals surface area contributed by atoms with Crippen molar-refractivity contribution in [2.24, 2.45) is 10.4 Å². The molecule has 40 heavy (non-hydrogen) atoms. The Morgan fingerprint density at radius 2 is 1.85 bits per heavy atom. The van der Waals surface area contributed by atoms with E-state index < -0.39 is 12.9 Å². The van der Waals surface area contributed by atoms with Crippen LogP contribution < -0.4 is 9.64 Å². The summed E-state index contributed by atoms with van der Waals surface area (Å²) in [6, 6.07) is 6.86. The molecule has 2 aromatic heterocycles. The van der Waals surface area contributed by atoms with Gasteiger partial charge in [-0.05, 0) is 61.6 Å². The SMILES string of the molecule is CC1=C(c2cccc(OC(F)F)c2)CC(C2(C)CCN(c3ncnc4c3C=C(c3cnn(C(C)F)c3)C4)CC2)=N1. The lowest BCUT2D eigenvalue weighted by Gasteiger charge is -2.40. The van der Waals surface area contributed by atoms with Crippen LogP contribution >= 0.6 is 0 Å². The summed E-state index contributed by atoms with van der Waals surface area (Å²) in [6.07, 6.45) is 9.17. The fourth-order valence-electron chi connectivity index (χ4n) is 5.88. The summed E-state index contributed by atoms with van der Waals surface area (Å²) in [5.74, 6) is 1.08. The van der Waals surface area contributed by atoms with Crippen molar-refractivity contribution in [3.05, 3.63) is 71.1 Å². The van der Waals surface area contributed by atoms with E-state index >= 15 is 0 Å². The van der Waals surface area contributed by atoms with Gasteiger partial charge in [-0.3, -0.25) is 4.99 Å². The Labute approximate surface area is 231 Å². The topological polar surface area (TPSA) is 68.4 Å². The quantitative estimate of drug-likeness (QED) is 0.327. The molecule has 0 N–H and O–H groups in total. The molecule has 1 unspecified atom stereocenters. The highest BCUT2D eigenvalue weighted by Gasteiger charge is 2.38. The third kappa shape index (κ3) is 4.91. The molecule has 0 spiro atoms. The minimum atomic E-state index is -2.85. The van der Waals surface area contributed by atoms with Gasteiger partial charge in [0.1, 0.15) is 17.9 Å². The summed E-state index contributed by atoms with van der Waals surface area (Å²) >= 11 is 0. The van der Waals surface area contributed by atoms with E-state index in [1.54, 1.807) is 36.9 Å². The summed E-state index contributed by atoms with van der Waals surface area (Å²) in [4.78, 5) is 16.5. The maximum Gasteiger partial charge on any atom is 0.387 e. The molecule has 0 amide bonds. The molecule has 3 aliphatic rings. The van der Waals surface area contributed by atoms with Crippen LogP contribution in [-0.4, -0.2) is 45.2 Å². The summed E-state index contributed by atoms with van der Waals surface area (Å²) in [6.45, 7) is 4.50. The number of aliphatic imine (C=N–C) groups is 1. The Hall–Kier alpha value is -3.95. The lowest BCUT2D eigenvalue weighted by molar-refractivity contribution is -0.0498. The van der Waals surface area contributed by atoms with Gasteiger partial charge in [-0.2, -0.15) is 13.9 Å². The van der Waals surface area contributed by atoms with Crippen LogP contribution in [0.1, 0.15) is 68.7 Å². The number of anilines is 1. The fourth-order valence-corrected chi connectivity index (χ4v) is 5.88. The molecule has 1 fully saturated rings. The summed E-state index contributed by atoms with van der Waals surface area (Å²) < 4.78 is 45.1. The molecule has 208 valence electrons. The minimum absolute atomic E-state index is 0.0779. The van der Waals surface area contributed by atoms with Crippen LogP contribution in [0.5, 0.6) is 5.75 Å². The number of aromatic nitrogens is 4. The van der Waals surface area contributed by atoms with Crippen molar-refractivity contribution in [3.8, 4) is 5.75 Å². The second-order valence-electron chi connectivity index (χ2n) is 10.9. The molecule has 3 aromatic rings. The standard InChI is InChI=1S/C30H31F3N6O/c1-18-24(20-5-4-6-23(11-20)40-29(32)33)14-27(37-18)30(3)7-9-38(10-8-30)28-25-12-21(13-26(25)34-17-35-28)22-15-36-39(16-22)19(2)31/h4-6,11-12,15-17,19,29H,7-10,13-14H2,1-3H3. The number of allylic oxidation sites excluding steroid dienone is 3. The first-order chi connectivity index (χ1) is 19.2. The number of fused-ring (bicyclic) bond motifs is 1. The molecule has 1 aromatic carbocycles. The van der Waals surface area contributed by atoms with Crippen molar-refractivity contribution in [3.63, 3.8) is 0 Å². The number of rotatable bonds is 7. The van der Waals surface area contributed by atoms with Crippen molar-refractivity contribution in [1.82, 2.24) is 19.7 Å². The van der Waals surface area contributed by atoms with Gasteiger partial charge in [-0.15, -0.1) is 0 Å². The van der Waals surface area contributed by atoms with E-state index in [9.17, 15) is 13.2 Å². The van der Waals surface area contributed by atoms with E-state index in [2.05, 4.69) is 37.7 Å². The highest BCUT2D eigenvalue weighted by atomic mass is 19.3. The number of halogens is 3. The van der Waals surface area contributed by atoms with E-state index in [0.717, 1.165) is 76.7 Å². The van der Waals surface area contributed by atoms with Gasteiger partial charge in [0.25, 0.3) is 0 Å². The van der Waals surface area contributed by atoms with Gasteiger partial charge < -0.3 is 9.64 Å². The first-order valence-electron chi connectivity index (χ1n) is 13.5. The third-order valence-electron chi connectivity index (χ3n) is 8.31. The van der Waals surface area contributed by atoms with Gasteiger partial charge in [-0.1, -0.05) is 19.1 Å². The largest absolute Gasteiger partial charge is 0.435 e. The summed E-state index contributed by atoms with van der Waals surface area (Å²) in [5.41, 5.74) is 7.83. The third-order valence-corrected chi connectivity index (χ3v) is 8.31. The Kier molecular flexibility index (Phi) is 6.72. The molecular weight excluding hydrogens is 517 g/mol. The molecular formula is C30H31F3N6O. The lowest BCUT2D eigenvalue weighted by Crippen LogP contribution is -2.43.